The Bertz CT molecular complexity index is 479. The van der Waals surface area contributed by atoms with Crippen molar-refractivity contribution in [3.8, 4) is 11.5 Å². The molecular weight excluding hydrogens is 258 g/mol. The maximum atomic E-state index is 10.3. The molecule has 0 aliphatic rings. The highest BCUT2D eigenvalue weighted by Crippen LogP contribution is 2.27. The van der Waals surface area contributed by atoms with E-state index >= 15 is 0 Å². The number of oxazole rings is 1. The van der Waals surface area contributed by atoms with E-state index in [4.69, 9.17) is 4.42 Å². The van der Waals surface area contributed by atoms with E-state index in [-0.39, 0.29) is 6.42 Å². The van der Waals surface area contributed by atoms with Crippen molar-refractivity contribution in [3.05, 3.63) is 40.7 Å². The van der Waals surface area contributed by atoms with E-state index in [1.54, 1.807) is 6.20 Å². The lowest BCUT2D eigenvalue weighted by atomic mass is 10.2. The van der Waals surface area contributed by atoms with Gasteiger partial charge in [0.2, 0.25) is 5.89 Å². The summed E-state index contributed by atoms with van der Waals surface area (Å²) in [6.45, 7) is 0. The van der Waals surface area contributed by atoms with E-state index in [0.717, 1.165) is 16.3 Å². The molecule has 0 atom stereocenters. The standard InChI is InChI=1S/C11H8BrNO2/c12-10-4-2-1-3-9(10)11-13-7-8(15-11)5-6-14/h1-4,6-7H,5H2. The van der Waals surface area contributed by atoms with Crippen molar-refractivity contribution in [2.45, 2.75) is 6.42 Å². The molecule has 3 nitrogen and oxygen atoms in total. The second kappa shape index (κ2) is 4.40. The molecular formula is C11H8BrNO2. The summed E-state index contributed by atoms with van der Waals surface area (Å²) in [7, 11) is 0. The number of hydrogen-bond donors (Lipinski definition) is 0. The van der Waals surface area contributed by atoms with Gasteiger partial charge in [-0.1, -0.05) is 12.1 Å². The van der Waals surface area contributed by atoms with Crippen LogP contribution in [0.1, 0.15) is 5.76 Å². The summed E-state index contributed by atoms with van der Waals surface area (Å²) >= 11 is 3.41. The lowest BCUT2D eigenvalue weighted by molar-refractivity contribution is -0.107. The molecule has 2 aromatic rings. The Morgan fingerprint density at radius 1 is 1.40 bits per heavy atom. The SMILES string of the molecule is O=CCc1cnc(-c2ccccc2Br)o1. The monoisotopic (exact) mass is 265 g/mol. The number of carbonyl (C=O) groups excluding carboxylic acids is 1. The summed E-state index contributed by atoms with van der Waals surface area (Å²) in [5.41, 5.74) is 0.884. The van der Waals surface area contributed by atoms with Gasteiger partial charge in [-0.05, 0) is 28.1 Å². The highest BCUT2D eigenvalue weighted by molar-refractivity contribution is 9.10. The van der Waals surface area contributed by atoms with E-state index < -0.39 is 0 Å². The van der Waals surface area contributed by atoms with Gasteiger partial charge in [-0.25, -0.2) is 4.98 Å². The second-order valence-electron chi connectivity index (χ2n) is 2.98. The van der Waals surface area contributed by atoms with E-state index in [9.17, 15) is 4.79 Å². The topological polar surface area (TPSA) is 43.1 Å². The summed E-state index contributed by atoms with van der Waals surface area (Å²) in [4.78, 5) is 14.4. The van der Waals surface area contributed by atoms with Gasteiger partial charge in [0.25, 0.3) is 0 Å². The first-order valence-corrected chi connectivity index (χ1v) is 5.24. The zero-order chi connectivity index (χ0) is 10.7. The second-order valence-corrected chi connectivity index (χ2v) is 3.84. The predicted molar refractivity (Wildman–Crippen MR) is 59.4 cm³/mol. The normalized spacial score (nSPS) is 10.2. The number of aromatic nitrogens is 1. The quantitative estimate of drug-likeness (QED) is 0.802. The molecule has 15 heavy (non-hydrogen) atoms. The van der Waals surface area contributed by atoms with Gasteiger partial charge < -0.3 is 9.21 Å². The number of nitrogens with zero attached hydrogens (tertiary/aromatic N) is 1. The Labute approximate surface area is 95.3 Å². The molecule has 4 heteroatoms. The van der Waals surface area contributed by atoms with Crippen LogP contribution in [0.2, 0.25) is 0 Å². The van der Waals surface area contributed by atoms with Gasteiger partial charge in [-0.15, -0.1) is 0 Å². The first-order chi connectivity index (χ1) is 7.31. The molecule has 0 fully saturated rings. The number of halogens is 1. The molecule has 2 rings (SSSR count). The fraction of sp³-hybridized carbons (Fsp3) is 0.0909. The fourth-order valence-corrected chi connectivity index (χ4v) is 1.70. The molecule has 0 spiro atoms. The number of benzene rings is 1. The molecule has 76 valence electrons. The van der Waals surface area contributed by atoms with E-state index in [2.05, 4.69) is 20.9 Å². The van der Waals surface area contributed by atoms with Crippen LogP contribution < -0.4 is 0 Å². The van der Waals surface area contributed by atoms with Gasteiger partial charge in [-0.3, -0.25) is 0 Å². The van der Waals surface area contributed by atoms with Crippen molar-refractivity contribution in [1.82, 2.24) is 4.98 Å². The van der Waals surface area contributed by atoms with Crippen molar-refractivity contribution in [3.63, 3.8) is 0 Å². The smallest absolute Gasteiger partial charge is 0.227 e. The lowest BCUT2D eigenvalue weighted by Gasteiger charge is -1.97. The molecule has 0 aliphatic heterocycles. The molecule has 0 radical (unpaired) electrons. The molecule has 0 bridgehead atoms. The van der Waals surface area contributed by atoms with Crippen molar-refractivity contribution in [1.29, 1.82) is 0 Å². The highest BCUT2D eigenvalue weighted by atomic mass is 79.9. The Hall–Kier alpha value is -1.42. The summed E-state index contributed by atoms with van der Waals surface area (Å²) in [6, 6.07) is 7.64. The third-order valence-electron chi connectivity index (χ3n) is 1.94. The highest BCUT2D eigenvalue weighted by Gasteiger charge is 2.08. The Morgan fingerprint density at radius 2 is 2.20 bits per heavy atom. The molecule has 0 N–H and O–H groups in total. The molecule has 0 saturated heterocycles. The van der Waals surface area contributed by atoms with Gasteiger partial charge in [0.15, 0.2) is 0 Å². The van der Waals surface area contributed by atoms with Gasteiger partial charge in [0.05, 0.1) is 18.2 Å². The summed E-state index contributed by atoms with van der Waals surface area (Å²) < 4.78 is 6.34. The minimum Gasteiger partial charge on any atom is -0.441 e. The first kappa shape index (κ1) is 10.1. The Balaban J connectivity index is 2.37. The third-order valence-corrected chi connectivity index (χ3v) is 2.63. The minimum absolute atomic E-state index is 0.261. The van der Waals surface area contributed by atoms with Crippen LogP contribution in [0.15, 0.2) is 39.4 Å². The van der Waals surface area contributed by atoms with Crippen LogP contribution in [0.4, 0.5) is 0 Å². The van der Waals surface area contributed by atoms with Crippen LogP contribution in [0.25, 0.3) is 11.5 Å². The zero-order valence-electron chi connectivity index (χ0n) is 7.81. The van der Waals surface area contributed by atoms with Crippen LogP contribution in [0, 0.1) is 0 Å². The first-order valence-electron chi connectivity index (χ1n) is 4.44. The fourth-order valence-electron chi connectivity index (χ4n) is 1.24. The van der Waals surface area contributed by atoms with Crippen molar-refractivity contribution >= 4 is 22.2 Å². The largest absolute Gasteiger partial charge is 0.441 e. The number of carbonyl (C=O) groups is 1. The molecule has 0 saturated carbocycles. The van der Waals surface area contributed by atoms with Crippen molar-refractivity contribution < 1.29 is 9.21 Å². The third kappa shape index (κ3) is 2.15. The molecule has 0 aliphatic carbocycles. The summed E-state index contributed by atoms with van der Waals surface area (Å²) in [5.74, 6) is 1.11. The maximum Gasteiger partial charge on any atom is 0.227 e. The maximum absolute atomic E-state index is 10.3. The Kier molecular flexibility index (Phi) is 2.97. The van der Waals surface area contributed by atoms with E-state index in [0.29, 0.717) is 11.7 Å². The van der Waals surface area contributed by atoms with Crippen LogP contribution in [-0.4, -0.2) is 11.3 Å². The Morgan fingerprint density at radius 3 is 2.93 bits per heavy atom. The average molecular weight is 266 g/mol. The van der Waals surface area contributed by atoms with Crippen molar-refractivity contribution in [2.24, 2.45) is 0 Å². The van der Waals surface area contributed by atoms with Crippen LogP contribution in [-0.2, 0) is 11.2 Å². The molecule has 0 amide bonds. The molecule has 0 unspecified atom stereocenters. The van der Waals surface area contributed by atoms with Crippen LogP contribution in [0.3, 0.4) is 0 Å². The van der Waals surface area contributed by atoms with E-state index in [1.165, 1.54) is 0 Å². The van der Waals surface area contributed by atoms with Gasteiger partial charge in [0, 0.05) is 4.47 Å². The zero-order valence-corrected chi connectivity index (χ0v) is 9.40. The molecule has 1 aromatic carbocycles. The number of hydrogen-bond acceptors (Lipinski definition) is 3. The number of rotatable bonds is 3. The van der Waals surface area contributed by atoms with Gasteiger partial charge in [-0.2, -0.15) is 0 Å². The number of aldehydes is 1. The minimum atomic E-state index is 0.261. The van der Waals surface area contributed by atoms with Crippen molar-refractivity contribution in [2.75, 3.05) is 0 Å². The van der Waals surface area contributed by atoms with Gasteiger partial charge in [0.1, 0.15) is 12.0 Å². The predicted octanol–water partition coefficient (Wildman–Crippen LogP) is 2.85. The summed E-state index contributed by atoms with van der Waals surface area (Å²) in [5, 5.41) is 0. The van der Waals surface area contributed by atoms with Crippen LogP contribution in [0.5, 0.6) is 0 Å². The average Bonchev–Trinajstić information content (AvgIpc) is 2.68. The summed E-state index contributed by atoms with van der Waals surface area (Å²) in [6.07, 6.45) is 2.63. The van der Waals surface area contributed by atoms with Gasteiger partial charge >= 0.3 is 0 Å². The van der Waals surface area contributed by atoms with Crippen LogP contribution >= 0.6 is 15.9 Å². The molecule has 1 heterocycles. The lowest BCUT2D eigenvalue weighted by Crippen LogP contribution is -1.80. The van der Waals surface area contributed by atoms with E-state index in [1.807, 2.05) is 24.3 Å². The molecule has 1 aromatic heterocycles.